The Morgan fingerprint density at radius 2 is 1.88 bits per heavy atom. The van der Waals surface area contributed by atoms with Crippen LogP contribution < -0.4 is 15.5 Å². The zero-order chi connectivity index (χ0) is 30.2. The summed E-state index contributed by atoms with van der Waals surface area (Å²) < 4.78 is 3.38. The summed E-state index contributed by atoms with van der Waals surface area (Å²) in [5.74, 6) is -0.218. The highest BCUT2D eigenvalue weighted by Gasteiger charge is 2.41. The van der Waals surface area contributed by atoms with Gasteiger partial charge in [-0.15, -0.1) is 0 Å². The Bertz CT molecular complexity index is 1710. The number of carbonyl (C=O) groups excluding carboxylic acids is 4. The SMILES string of the molecule is CC(=O)c1cn(CC(=O)N2C[C@H](C)C[C@H]2C(=O)NC2CCN(c3ccn(C)n3)C2=O)c2ccc(Nc3cncnc3)cc12. The molecule has 2 aliphatic rings. The largest absolute Gasteiger partial charge is 0.353 e. The minimum absolute atomic E-state index is 0.0323. The summed E-state index contributed by atoms with van der Waals surface area (Å²) in [5.41, 5.74) is 2.68. The molecular formula is C30H33N9O4. The number of carbonyl (C=O) groups is 4. The molecule has 222 valence electrons. The zero-order valence-corrected chi connectivity index (χ0v) is 24.2. The van der Waals surface area contributed by atoms with Gasteiger partial charge < -0.3 is 20.1 Å². The number of benzene rings is 1. The summed E-state index contributed by atoms with van der Waals surface area (Å²) in [6.07, 6.45) is 9.17. The van der Waals surface area contributed by atoms with Crippen molar-refractivity contribution in [1.82, 2.24) is 34.5 Å². The van der Waals surface area contributed by atoms with Gasteiger partial charge in [-0.2, -0.15) is 5.10 Å². The van der Waals surface area contributed by atoms with Crippen molar-refractivity contribution in [2.75, 3.05) is 23.3 Å². The Morgan fingerprint density at radius 1 is 1.09 bits per heavy atom. The van der Waals surface area contributed by atoms with E-state index in [0.29, 0.717) is 48.4 Å². The highest BCUT2D eigenvalue weighted by molar-refractivity contribution is 6.08. The van der Waals surface area contributed by atoms with Gasteiger partial charge in [-0.1, -0.05) is 6.92 Å². The quantitative estimate of drug-likeness (QED) is 0.300. The first-order chi connectivity index (χ1) is 20.7. The fourth-order valence-electron chi connectivity index (χ4n) is 5.98. The Morgan fingerprint density at radius 3 is 2.60 bits per heavy atom. The molecule has 2 fully saturated rings. The summed E-state index contributed by atoms with van der Waals surface area (Å²) in [7, 11) is 1.78. The predicted octanol–water partition coefficient (Wildman–Crippen LogP) is 2.27. The first-order valence-electron chi connectivity index (χ1n) is 14.2. The monoisotopic (exact) mass is 583 g/mol. The van der Waals surface area contributed by atoms with Crippen molar-refractivity contribution in [1.29, 1.82) is 0 Å². The maximum atomic E-state index is 13.7. The molecule has 0 spiro atoms. The third-order valence-corrected chi connectivity index (χ3v) is 8.05. The minimum Gasteiger partial charge on any atom is -0.353 e. The predicted molar refractivity (Wildman–Crippen MR) is 159 cm³/mol. The van der Waals surface area contributed by atoms with Gasteiger partial charge in [0.2, 0.25) is 11.8 Å². The number of fused-ring (bicyclic) bond motifs is 1. The summed E-state index contributed by atoms with van der Waals surface area (Å²) in [6, 6.07) is 6.00. The van der Waals surface area contributed by atoms with E-state index in [9.17, 15) is 19.2 Å². The van der Waals surface area contributed by atoms with Crippen LogP contribution in [0, 0.1) is 5.92 Å². The van der Waals surface area contributed by atoms with E-state index in [2.05, 4.69) is 25.7 Å². The fourth-order valence-corrected chi connectivity index (χ4v) is 5.98. The standard InChI is InChI=1S/C30H33N9O4/c1-18-10-26(29(42)34-24-6-9-38(30(24)43)27-7-8-36(3)35-27)39(14-18)28(41)16-37-15-23(19(2)40)22-11-20(4-5-25(22)37)33-21-12-31-17-32-13-21/h4-5,7-8,11-13,15,17-18,24,26,33H,6,9-10,14,16H2,1-3H3,(H,34,42)/t18-,24?,26+/m1/s1. The molecule has 0 radical (unpaired) electrons. The number of anilines is 3. The van der Waals surface area contributed by atoms with Crippen LogP contribution in [0.15, 0.2) is 55.4 Å². The molecule has 2 saturated heterocycles. The number of rotatable bonds is 8. The lowest BCUT2D eigenvalue weighted by atomic mass is 10.1. The van der Waals surface area contributed by atoms with Crippen molar-refractivity contribution >= 4 is 51.6 Å². The van der Waals surface area contributed by atoms with Crippen molar-refractivity contribution in [3.8, 4) is 0 Å². The van der Waals surface area contributed by atoms with Gasteiger partial charge in [0.25, 0.3) is 5.91 Å². The topological polar surface area (TPSA) is 147 Å². The molecule has 2 aliphatic heterocycles. The van der Waals surface area contributed by atoms with Gasteiger partial charge in [0.15, 0.2) is 11.6 Å². The van der Waals surface area contributed by atoms with Crippen LogP contribution in [0.3, 0.4) is 0 Å². The highest BCUT2D eigenvalue weighted by atomic mass is 16.2. The van der Waals surface area contributed by atoms with Crippen LogP contribution in [0.4, 0.5) is 17.2 Å². The lowest BCUT2D eigenvalue weighted by molar-refractivity contribution is -0.139. The lowest BCUT2D eigenvalue weighted by Gasteiger charge is -2.25. The summed E-state index contributed by atoms with van der Waals surface area (Å²) in [5, 5.41) is 11.1. The minimum atomic E-state index is -0.683. The molecule has 3 atom stereocenters. The number of aryl methyl sites for hydroxylation is 1. The summed E-state index contributed by atoms with van der Waals surface area (Å²) >= 11 is 0. The van der Waals surface area contributed by atoms with Crippen molar-refractivity contribution in [2.45, 2.75) is 45.3 Å². The molecule has 13 nitrogen and oxygen atoms in total. The third-order valence-electron chi connectivity index (χ3n) is 8.05. The van der Waals surface area contributed by atoms with E-state index in [-0.39, 0.29) is 36.0 Å². The zero-order valence-electron chi connectivity index (χ0n) is 24.2. The Labute approximate surface area is 247 Å². The fraction of sp³-hybridized carbons (Fsp3) is 0.367. The van der Waals surface area contributed by atoms with E-state index < -0.39 is 12.1 Å². The molecule has 2 N–H and O–H groups in total. The van der Waals surface area contributed by atoms with Crippen molar-refractivity contribution in [3.63, 3.8) is 0 Å². The smallest absolute Gasteiger partial charge is 0.250 e. The number of nitrogens with one attached hydrogen (secondary N) is 2. The van der Waals surface area contributed by atoms with E-state index in [1.807, 2.05) is 25.1 Å². The number of hydrogen-bond donors (Lipinski definition) is 2. The second-order valence-electron chi connectivity index (χ2n) is 11.3. The first-order valence-corrected chi connectivity index (χ1v) is 14.2. The van der Waals surface area contributed by atoms with Crippen LogP contribution in [-0.2, 0) is 28.0 Å². The molecule has 0 aliphatic carbocycles. The molecule has 1 aromatic carbocycles. The highest BCUT2D eigenvalue weighted by Crippen LogP contribution is 2.29. The second-order valence-corrected chi connectivity index (χ2v) is 11.3. The van der Waals surface area contributed by atoms with Gasteiger partial charge in [-0.05, 0) is 43.9 Å². The van der Waals surface area contributed by atoms with E-state index >= 15 is 0 Å². The summed E-state index contributed by atoms with van der Waals surface area (Å²) in [6.45, 7) is 4.35. The van der Waals surface area contributed by atoms with E-state index in [0.717, 1.165) is 11.2 Å². The molecule has 13 heteroatoms. The molecule has 0 bridgehead atoms. The molecule has 1 unspecified atom stereocenters. The van der Waals surface area contributed by atoms with Crippen molar-refractivity contribution in [2.24, 2.45) is 13.0 Å². The molecule has 43 heavy (non-hydrogen) atoms. The maximum Gasteiger partial charge on any atom is 0.250 e. The van der Waals surface area contributed by atoms with Crippen LogP contribution >= 0.6 is 0 Å². The first kappa shape index (κ1) is 28.1. The molecular weight excluding hydrogens is 550 g/mol. The number of nitrogens with zero attached hydrogens (tertiary/aromatic N) is 7. The number of ketones is 1. The van der Waals surface area contributed by atoms with Crippen LogP contribution in [0.1, 0.15) is 37.0 Å². The second kappa shape index (κ2) is 11.3. The average molecular weight is 584 g/mol. The van der Waals surface area contributed by atoms with E-state index in [1.165, 1.54) is 13.3 Å². The number of aromatic nitrogens is 5. The third kappa shape index (κ3) is 5.57. The number of likely N-dealkylation sites (tertiary alicyclic amines) is 1. The Kier molecular flexibility index (Phi) is 7.38. The molecule has 6 rings (SSSR count). The van der Waals surface area contributed by atoms with Crippen LogP contribution in [0.5, 0.6) is 0 Å². The van der Waals surface area contributed by atoms with Crippen LogP contribution in [-0.4, -0.2) is 77.9 Å². The molecule has 4 aromatic rings. The summed E-state index contributed by atoms with van der Waals surface area (Å²) in [4.78, 5) is 63.9. The maximum absolute atomic E-state index is 13.7. The van der Waals surface area contributed by atoms with Gasteiger partial charge in [-0.3, -0.25) is 28.8 Å². The van der Waals surface area contributed by atoms with Gasteiger partial charge in [0.05, 0.1) is 18.1 Å². The van der Waals surface area contributed by atoms with E-state index in [4.69, 9.17) is 0 Å². The number of hydrogen-bond acceptors (Lipinski definition) is 8. The van der Waals surface area contributed by atoms with Gasteiger partial charge in [-0.25, -0.2) is 9.97 Å². The Hall–Kier alpha value is -5.07. The van der Waals surface area contributed by atoms with Gasteiger partial charge in [0.1, 0.15) is 25.0 Å². The van der Waals surface area contributed by atoms with Crippen molar-refractivity contribution < 1.29 is 19.2 Å². The Balaban J connectivity index is 1.17. The average Bonchev–Trinajstić information content (AvgIpc) is 3.76. The van der Waals surface area contributed by atoms with Crippen LogP contribution in [0.2, 0.25) is 0 Å². The van der Waals surface area contributed by atoms with E-state index in [1.54, 1.807) is 57.0 Å². The lowest BCUT2D eigenvalue weighted by Crippen LogP contribution is -2.51. The molecule has 0 saturated carbocycles. The van der Waals surface area contributed by atoms with Crippen LogP contribution in [0.25, 0.3) is 10.9 Å². The number of Topliss-reactive ketones (excluding diaryl/α,β-unsaturated/α-hetero) is 1. The van der Waals surface area contributed by atoms with Gasteiger partial charge in [0, 0.05) is 60.8 Å². The number of amides is 3. The molecule has 3 aromatic heterocycles. The molecule has 3 amide bonds. The normalized spacial score (nSPS) is 20.2. The molecule has 5 heterocycles. The van der Waals surface area contributed by atoms with Gasteiger partial charge >= 0.3 is 0 Å². The van der Waals surface area contributed by atoms with Crippen molar-refractivity contribution in [3.05, 3.63) is 60.9 Å².